The van der Waals surface area contributed by atoms with Crippen LogP contribution in [0, 0.1) is 10.8 Å². The molecule has 0 radical (unpaired) electrons. The Bertz CT molecular complexity index is 616. The molecule has 118 valence electrons. The van der Waals surface area contributed by atoms with Gasteiger partial charge in [0.2, 0.25) is 0 Å². The van der Waals surface area contributed by atoms with E-state index in [0.717, 1.165) is 24.2 Å². The van der Waals surface area contributed by atoms with Crippen molar-refractivity contribution in [3.8, 4) is 11.4 Å². The second kappa shape index (κ2) is 6.20. The second-order valence-electron chi connectivity index (χ2n) is 8.49. The molecule has 0 bridgehead atoms. The Hall–Kier alpha value is -1.70. The quantitative estimate of drug-likeness (QED) is 0.766. The lowest BCUT2D eigenvalue weighted by molar-refractivity contribution is 0.392. The van der Waals surface area contributed by atoms with Crippen LogP contribution in [0.2, 0.25) is 0 Å². The van der Waals surface area contributed by atoms with Crippen molar-refractivity contribution in [2.24, 2.45) is 10.8 Å². The summed E-state index contributed by atoms with van der Waals surface area (Å²) in [6.45, 7) is 13.7. The van der Waals surface area contributed by atoms with E-state index in [-0.39, 0.29) is 10.8 Å². The summed E-state index contributed by atoms with van der Waals surface area (Å²) in [7, 11) is 0. The van der Waals surface area contributed by atoms with Gasteiger partial charge in [0.05, 0.1) is 11.4 Å². The first kappa shape index (κ1) is 16.7. The maximum atomic E-state index is 4.66. The van der Waals surface area contributed by atoms with Crippen molar-refractivity contribution in [1.82, 2.24) is 9.97 Å². The fraction of sp³-hybridized carbons (Fsp3) is 0.500. The third kappa shape index (κ3) is 4.66. The zero-order valence-corrected chi connectivity index (χ0v) is 14.8. The van der Waals surface area contributed by atoms with Gasteiger partial charge in [-0.25, -0.2) is 0 Å². The van der Waals surface area contributed by atoms with Gasteiger partial charge in [-0.3, -0.25) is 9.97 Å². The van der Waals surface area contributed by atoms with Gasteiger partial charge in [0.15, 0.2) is 0 Å². The predicted molar refractivity (Wildman–Crippen MR) is 93.8 cm³/mol. The van der Waals surface area contributed by atoms with E-state index in [1.54, 1.807) is 0 Å². The molecule has 0 aliphatic rings. The molecular weight excluding hydrogens is 268 g/mol. The largest absolute Gasteiger partial charge is 0.255 e. The zero-order chi connectivity index (χ0) is 16.4. The molecule has 2 nitrogen and oxygen atoms in total. The minimum absolute atomic E-state index is 0.221. The summed E-state index contributed by atoms with van der Waals surface area (Å²) >= 11 is 0. The van der Waals surface area contributed by atoms with Gasteiger partial charge in [-0.15, -0.1) is 0 Å². The van der Waals surface area contributed by atoms with Crippen LogP contribution in [-0.4, -0.2) is 9.97 Å². The molecule has 0 saturated carbocycles. The van der Waals surface area contributed by atoms with Gasteiger partial charge in [-0.2, -0.15) is 0 Å². The van der Waals surface area contributed by atoms with Crippen LogP contribution in [0.1, 0.15) is 52.7 Å². The molecule has 2 aromatic rings. The molecule has 0 fully saturated rings. The highest BCUT2D eigenvalue weighted by atomic mass is 14.8. The maximum absolute atomic E-state index is 4.66. The van der Waals surface area contributed by atoms with Gasteiger partial charge in [-0.05, 0) is 53.0 Å². The van der Waals surface area contributed by atoms with Crippen molar-refractivity contribution in [3.63, 3.8) is 0 Å². The minimum Gasteiger partial charge on any atom is -0.255 e. The van der Waals surface area contributed by atoms with Crippen LogP contribution in [0.5, 0.6) is 0 Å². The molecule has 0 N–H and O–H groups in total. The molecule has 0 aliphatic carbocycles. The monoisotopic (exact) mass is 296 g/mol. The SMILES string of the molecule is CC(C)(C)Cc1ccnc(-c2ccccn2)c1CC(C)(C)C. The molecule has 0 unspecified atom stereocenters. The van der Waals surface area contributed by atoms with Crippen LogP contribution in [-0.2, 0) is 12.8 Å². The van der Waals surface area contributed by atoms with Gasteiger partial charge in [-0.1, -0.05) is 47.6 Å². The number of hydrogen-bond acceptors (Lipinski definition) is 2. The van der Waals surface area contributed by atoms with E-state index >= 15 is 0 Å². The summed E-state index contributed by atoms with van der Waals surface area (Å²) < 4.78 is 0. The maximum Gasteiger partial charge on any atom is 0.0920 e. The summed E-state index contributed by atoms with van der Waals surface area (Å²) in [5.41, 5.74) is 5.24. The summed E-state index contributed by atoms with van der Waals surface area (Å²) in [5, 5.41) is 0. The molecule has 0 spiro atoms. The van der Waals surface area contributed by atoms with E-state index in [1.165, 1.54) is 11.1 Å². The molecule has 2 rings (SSSR count). The topological polar surface area (TPSA) is 25.8 Å². The Morgan fingerprint density at radius 3 is 2.00 bits per heavy atom. The molecule has 2 aromatic heterocycles. The third-order valence-electron chi connectivity index (χ3n) is 3.49. The van der Waals surface area contributed by atoms with Crippen molar-refractivity contribution in [2.45, 2.75) is 54.4 Å². The Morgan fingerprint density at radius 2 is 1.45 bits per heavy atom. The first-order chi connectivity index (χ1) is 10.2. The summed E-state index contributed by atoms with van der Waals surface area (Å²) in [5.74, 6) is 0. The Balaban J connectivity index is 2.56. The fourth-order valence-corrected chi connectivity index (χ4v) is 2.72. The van der Waals surface area contributed by atoms with Crippen LogP contribution in [0.4, 0.5) is 0 Å². The number of aromatic nitrogens is 2. The van der Waals surface area contributed by atoms with Gasteiger partial charge in [0, 0.05) is 12.4 Å². The highest BCUT2D eigenvalue weighted by Crippen LogP contribution is 2.32. The van der Waals surface area contributed by atoms with Gasteiger partial charge >= 0.3 is 0 Å². The van der Waals surface area contributed by atoms with Crippen LogP contribution in [0.25, 0.3) is 11.4 Å². The summed E-state index contributed by atoms with van der Waals surface area (Å²) in [6, 6.07) is 8.21. The number of rotatable bonds is 3. The lowest BCUT2D eigenvalue weighted by Crippen LogP contribution is -2.17. The molecule has 0 aliphatic heterocycles. The van der Waals surface area contributed by atoms with Crippen molar-refractivity contribution < 1.29 is 0 Å². The Kier molecular flexibility index (Phi) is 4.69. The van der Waals surface area contributed by atoms with Crippen LogP contribution < -0.4 is 0 Å². The van der Waals surface area contributed by atoms with Gasteiger partial charge in [0.1, 0.15) is 0 Å². The van der Waals surface area contributed by atoms with Crippen LogP contribution in [0.15, 0.2) is 36.7 Å². The standard InChI is InChI=1S/C20H28N2/c1-19(2,3)13-15-10-12-22-18(16(15)14-20(4,5)6)17-9-7-8-11-21-17/h7-12H,13-14H2,1-6H3. The molecule has 0 atom stereocenters. The third-order valence-corrected chi connectivity index (χ3v) is 3.49. The minimum atomic E-state index is 0.221. The van der Waals surface area contributed by atoms with E-state index < -0.39 is 0 Å². The molecule has 0 amide bonds. The van der Waals surface area contributed by atoms with Crippen LogP contribution in [0.3, 0.4) is 0 Å². The second-order valence-corrected chi connectivity index (χ2v) is 8.49. The van der Waals surface area contributed by atoms with Crippen molar-refractivity contribution in [3.05, 3.63) is 47.8 Å². The van der Waals surface area contributed by atoms with Gasteiger partial charge in [0.25, 0.3) is 0 Å². The van der Waals surface area contributed by atoms with E-state index in [0.29, 0.717) is 0 Å². The number of pyridine rings is 2. The number of nitrogens with zero attached hydrogens (tertiary/aromatic N) is 2. The van der Waals surface area contributed by atoms with Gasteiger partial charge < -0.3 is 0 Å². The Labute approximate surface area is 135 Å². The summed E-state index contributed by atoms with van der Waals surface area (Å²) in [6.07, 6.45) is 5.84. The van der Waals surface area contributed by atoms with E-state index in [4.69, 9.17) is 0 Å². The van der Waals surface area contributed by atoms with Crippen molar-refractivity contribution in [1.29, 1.82) is 0 Å². The molecule has 0 saturated heterocycles. The molecule has 22 heavy (non-hydrogen) atoms. The molecule has 0 aromatic carbocycles. The first-order valence-electron chi connectivity index (χ1n) is 8.04. The van der Waals surface area contributed by atoms with Crippen molar-refractivity contribution in [2.75, 3.05) is 0 Å². The van der Waals surface area contributed by atoms with E-state index in [1.807, 2.05) is 24.5 Å². The summed E-state index contributed by atoms with van der Waals surface area (Å²) in [4.78, 5) is 9.18. The zero-order valence-electron chi connectivity index (χ0n) is 14.8. The molecular formula is C20H28N2. The number of hydrogen-bond donors (Lipinski definition) is 0. The lowest BCUT2D eigenvalue weighted by Gasteiger charge is -2.26. The van der Waals surface area contributed by atoms with Crippen LogP contribution >= 0.6 is 0 Å². The lowest BCUT2D eigenvalue weighted by atomic mass is 9.80. The molecule has 2 heteroatoms. The smallest absolute Gasteiger partial charge is 0.0920 e. The highest BCUT2D eigenvalue weighted by molar-refractivity contribution is 5.60. The van der Waals surface area contributed by atoms with E-state index in [9.17, 15) is 0 Å². The normalized spacial score (nSPS) is 12.5. The van der Waals surface area contributed by atoms with Crippen molar-refractivity contribution >= 4 is 0 Å². The average Bonchev–Trinajstić information content (AvgIpc) is 2.38. The average molecular weight is 296 g/mol. The van der Waals surface area contributed by atoms with E-state index in [2.05, 4.69) is 63.6 Å². The molecule has 2 heterocycles. The fourth-order valence-electron chi connectivity index (χ4n) is 2.72. The predicted octanol–water partition coefficient (Wildman–Crippen LogP) is 5.32. The highest BCUT2D eigenvalue weighted by Gasteiger charge is 2.22. The Morgan fingerprint density at radius 1 is 0.773 bits per heavy atom. The first-order valence-corrected chi connectivity index (χ1v) is 8.04.